The van der Waals surface area contributed by atoms with Gasteiger partial charge in [0.05, 0.1) is 23.3 Å². The molecule has 1 heterocycles. The van der Waals surface area contributed by atoms with Gasteiger partial charge in [0.15, 0.2) is 0 Å². The van der Waals surface area contributed by atoms with Gasteiger partial charge in [0.25, 0.3) is 5.91 Å². The monoisotopic (exact) mass is 245 g/mol. The van der Waals surface area contributed by atoms with Gasteiger partial charge in [-0.2, -0.15) is 0 Å². The van der Waals surface area contributed by atoms with Crippen LogP contribution in [0.3, 0.4) is 0 Å². The number of amides is 1. The van der Waals surface area contributed by atoms with E-state index in [0.29, 0.717) is 28.8 Å². The SMILES string of the molecule is O=C(NCC1CO1)c1ccc(Cl)cc1Cl. The van der Waals surface area contributed by atoms with Crippen molar-refractivity contribution in [3.05, 3.63) is 33.8 Å². The van der Waals surface area contributed by atoms with Crippen LogP contribution in [0.25, 0.3) is 0 Å². The largest absolute Gasteiger partial charge is 0.371 e. The van der Waals surface area contributed by atoms with Gasteiger partial charge < -0.3 is 10.1 Å². The van der Waals surface area contributed by atoms with Crippen molar-refractivity contribution in [3.8, 4) is 0 Å². The topological polar surface area (TPSA) is 41.6 Å². The highest BCUT2D eigenvalue weighted by molar-refractivity contribution is 6.36. The average molecular weight is 246 g/mol. The minimum absolute atomic E-state index is 0.167. The first-order valence-electron chi connectivity index (χ1n) is 4.51. The predicted octanol–water partition coefficient (Wildman–Crippen LogP) is 2.12. The number of carbonyl (C=O) groups is 1. The van der Waals surface area contributed by atoms with Crippen LogP contribution in [0.1, 0.15) is 10.4 Å². The molecule has 15 heavy (non-hydrogen) atoms. The van der Waals surface area contributed by atoms with E-state index in [2.05, 4.69) is 5.32 Å². The fourth-order valence-corrected chi connectivity index (χ4v) is 1.66. The zero-order valence-electron chi connectivity index (χ0n) is 7.80. The van der Waals surface area contributed by atoms with Gasteiger partial charge in [-0.05, 0) is 18.2 Å². The smallest absolute Gasteiger partial charge is 0.252 e. The van der Waals surface area contributed by atoms with E-state index < -0.39 is 0 Å². The third-order valence-electron chi connectivity index (χ3n) is 2.07. The molecule has 3 nitrogen and oxygen atoms in total. The standard InChI is InChI=1S/C10H9Cl2NO2/c11-6-1-2-8(9(12)3-6)10(14)13-4-7-5-15-7/h1-3,7H,4-5H2,(H,13,14). The van der Waals surface area contributed by atoms with Gasteiger partial charge in [-0.15, -0.1) is 0 Å². The Balaban J connectivity index is 2.03. The number of nitrogens with one attached hydrogen (secondary N) is 1. The lowest BCUT2D eigenvalue weighted by Gasteiger charge is -2.05. The Kier molecular flexibility index (Phi) is 3.14. The first-order chi connectivity index (χ1) is 7.16. The highest BCUT2D eigenvalue weighted by Gasteiger charge is 2.23. The van der Waals surface area contributed by atoms with Crippen molar-refractivity contribution in [2.45, 2.75) is 6.10 Å². The molecule has 0 radical (unpaired) electrons. The van der Waals surface area contributed by atoms with Crippen LogP contribution in [0, 0.1) is 0 Å². The molecule has 0 aliphatic carbocycles. The van der Waals surface area contributed by atoms with Gasteiger partial charge in [-0.3, -0.25) is 4.79 Å². The summed E-state index contributed by atoms with van der Waals surface area (Å²) in [5.41, 5.74) is 0.432. The molecule has 1 N–H and O–H groups in total. The second-order valence-electron chi connectivity index (χ2n) is 3.29. The first-order valence-corrected chi connectivity index (χ1v) is 5.27. The van der Waals surface area contributed by atoms with Crippen molar-refractivity contribution in [1.82, 2.24) is 5.32 Å². The molecular weight excluding hydrogens is 237 g/mol. The number of epoxide rings is 1. The maximum Gasteiger partial charge on any atom is 0.252 e. The summed E-state index contributed by atoms with van der Waals surface area (Å²) in [7, 11) is 0. The zero-order valence-corrected chi connectivity index (χ0v) is 9.31. The summed E-state index contributed by atoms with van der Waals surface area (Å²) in [6, 6.07) is 4.79. The van der Waals surface area contributed by atoms with Crippen LogP contribution in [0.4, 0.5) is 0 Å². The van der Waals surface area contributed by atoms with Gasteiger partial charge in [0.1, 0.15) is 0 Å². The lowest BCUT2D eigenvalue weighted by Crippen LogP contribution is -2.27. The molecule has 0 spiro atoms. The van der Waals surface area contributed by atoms with E-state index >= 15 is 0 Å². The van der Waals surface area contributed by atoms with E-state index in [-0.39, 0.29) is 12.0 Å². The number of benzene rings is 1. The lowest BCUT2D eigenvalue weighted by molar-refractivity contribution is 0.0950. The Hall–Kier alpha value is -0.770. The molecule has 5 heteroatoms. The van der Waals surface area contributed by atoms with Gasteiger partial charge >= 0.3 is 0 Å². The van der Waals surface area contributed by atoms with Crippen LogP contribution in [0.15, 0.2) is 18.2 Å². The molecule has 1 aliphatic heterocycles. The summed E-state index contributed by atoms with van der Waals surface area (Å²) < 4.78 is 4.98. The Labute approximate surface area is 97.3 Å². The second-order valence-corrected chi connectivity index (χ2v) is 4.13. The van der Waals surface area contributed by atoms with Crippen molar-refractivity contribution >= 4 is 29.1 Å². The van der Waals surface area contributed by atoms with Crippen LogP contribution >= 0.6 is 23.2 Å². The number of hydrogen-bond donors (Lipinski definition) is 1. The van der Waals surface area contributed by atoms with Crippen LogP contribution < -0.4 is 5.32 Å². The van der Waals surface area contributed by atoms with E-state index in [1.165, 1.54) is 0 Å². The summed E-state index contributed by atoms with van der Waals surface area (Å²) in [4.78, 5) is 11.6. The maximum absolute atomic E-state index is 11.6. The molecule has 0 saturated carbocycles. The minimum Gasteiger partial charge on any atom is -0.371 e. The van der Waals surface area contributed by atoms with Crippen LogP contribution in [-0.4, -0.2) is 25.2 Å². The fraction of sp³-hybridized carbons (Fsp3) is 0.300. The number of ether oxygens (including phenoxy) is 1. The molecule has 80 valence electrons. The molecule has 1 atom stereocenters. The van der Waals surface area contributed by atoms with Crippen molar-refractivity contribution in [3.63, 3.8) is 0 Å². The normalized spacial score (nSPS) is 18.7. The van der Waals surface area contributed by atoms with Crippen LogP contribution in [0.5, 0.6) is 0 Å². The molecular formula is C10H9Cl2NO2. The molecule has 0 aromatic heterocycles. The molecule has 1 fully saturated rings. The van der Waals surface area contributed by atoms with E-state index in [1.54, 1.807) is 18.2 Å². The van der Waals surface area contributed by atoms with E-state index in [4.69, 9.17) is 27.9 Å². The van der Waals surface area contributed by atoms with Gasteiger partial charge in [0, 0.05) is 11.6 Å². The molecule has 1 saturated heterocycles. The summed E-state index contributed by atoms with van der Waals surface area (Å²) in [6.45, 7) is 1.24. The van der Waals surface area contributed by atoms with Gasteiger partial charge in [-0.25, -0.2) is 0 Å². The Morgan fingerprint density at radius 1 is 1.53 bits per heavy atom. The molecule has 1 aromatic carbocycles. The predicted molar refractivity (Wildman–Crippen MR) is 58.5 cm³/mol. The van der Waals surface area contributed by atoms with Gasteiger partial charge in [-0.1, -0.05) is 23.2 Å². The quantitative estimate of drug-likeness (QED) is 0.830. The molecule has 1 aromatic rings. The third kappa shape index (κ3) is 2.84. The van der Waals surface area contributed by atoms with Crippen molar-refractivity contribution in [2.24, 2.45) is 0 Å². The highest BCUT2D eigenvalue weighted by atomic mass is 35.5. The molecule has 0 bridgehead atoms. The Morgan fingerprint density at radius 3 is 2.87 bits per heavy atom. The van der Waals surface area contributed by atoms with Crippen molar-refractivity contribution < 1.29 is 9.53 Å². The number of rotatable bonds is 3. The lowest BCUT2D eigenvalue weighted by atomic mass is 10.2. The maximum atomic E-state index is 11.6. The molecule has 1 unspecified atom stereocenters. The van der Waals surface area contributed by atoms with E-state index in [0.717, 1.165) is 0 Å². The number of hydrogen-bond acceptors (Lipinski definition) is 2. The zero-order chi connectivity index (χ0) is 10.8. The summed E-state index contributed by atoms with van der Waals surface area (Å²) in [5.74, 6) is -0.202. The van der Waals surface area contributed by atoms with Gasteiger partial charge in [0.2, 0.25) is 0 Å². The molecule has 1 amide bonds. The van der Waals surface area contributed by atoms with Crippen LogP contribution in [0.2, 0.25) is 10.0 Å². The number of halogens is 2. The van der Waals surface area contributed by atoms with E-state index in [9.17, 15) is 4.79 Å². The third-order valence-corrected chi connectivity index (χ3v) is 2.62. The van der Waals surface area contributed by atoms with Crippen molar-refractivity contribution in [2.75, 3.05) is 13.2 Å². The molecule has 1 aliphatic rings. The first kappa shape index (κ1) is 10.7. The van der Waals surface area contributed by atoms with E-state index in [1.807, 2.05) is 0 Å². The fourth-order valence-electron chi connectivity index (χ4n) is 1.16. The minimum atomic E-state index is -0.202. The number of carbonyl (C=O) groups excluding carboxylic acids is 1. The summed E-state index contributed by atoms with van der Waals surface area (Å²) in [6.07, 6.45) is 0.167. The second kappa shape index (κ2) is 4.39. The highest BCUT2D eigenvalue weighted by Crippen LogP contribution is 2.20. The van der Waals surface area contributed by atoms with Crippen molar-refractivity contribution in [1.29, 1.82) is 0 Å². The Bertz CT molecular complexity index is 391. The average Bonchev–Trinajstić information content (AvgIpc) is 2.97. The summed E-state index contributed by atoms with van der Waals surface area (Å²) in [5, 5.41) is 3.60. The summed E-state index contributed by atoms with van der Waals surface area (Å²) >= 11 is 11.6. The Morgan fingerprint density at radius 2 is 2.27 bits per heavy atom. The molecule has 2 rings (SSSR count). The van der Waals surface area contributed by atoms with Crippen LogP contribution in [-0.2, 0) is 4.74 Å².